The fourth-order valence-electron chi connectivity index (χ4n) is 2.04. The van der Waals surface area contributed by atoms with Crippen LogP contribution in [-0.2, 0) is 11.2 Å². The van der Waals surface area contributed by atoms with Crippen LogP contribution in [0.15, 0.2) is 22.7 Å². The molecular weight excluding hydrogens is 366 g/mol. The Morgan fingerprint density at radius 2 is 2.27 bits per heavy atom. The third kappa shape index (κ3) is 3.84. The van der Waals surface area contributed by atoms with Crippen molar-refractivity contribution >= 4 is 38.3 Å². The molecule has 0 bridgehead atoms. The monoisotopic (exact) mass is 381 g/mol. The Balaban J connectivity index is 1.55. The van der Waals surface area contributed by atoms with Gasteiger partial charge in [0.2, 0.25) is 5.13 Å². The Morgan fingerprint density at radius 1 is 1.45 bits per heavy atom. The van der Waals surface area contributed by atoms with Gasteiger partial charge in [0, 0.05) is 10.4 Å². The van der Waals surface area contributed by atoms with Gasteiger partial charge in [0.25, 0.3) is 5.91 Å². The first kappa shape index (κ1) is 15.4. The predicted octanol–water partition coefficient (Wildman–Crippen LogP) is 3.76. The molecule has 1 fully saturated rings. The Hall–Kier alpha value is -1.47. The van der Waals surface area contributed by atoms with E-state index in [1.807, 2.05) is 18.2 Å². The minimum atomic E-state index is -0.219. The molecule has 2 aromatic rings. The van der Waals surface area contributed by atoms with Crippen molar-refractivity contribution < 1.29 is 9.53 Å². The highest BCUT2D eigenvalue weighted by molar-refractivity contribution is 9.10. The summed E-state index contributed by atoms with van der Waals surface area (Å²) < 4.78 is 6.61. The van der Waals surface area contributed by atoms with Crippen molar-refractivity contribution in [3.63, 3.8) is 0 Å². The molecule has 0 atom stereocenters. The molecule has 22 heavy (non-hydrogen) atoms. The van der Waals surface area contributed by atoms with Gasteiger partial charge in [0.05, 0.1) is 0 Å². The molecule has 0 unspecified atom stereocenters. The number of carbonyl (C=O) groups is 1. The van der Waals surface area contributed by atoms with Gasteiger partial charge < -0.3 is 4.74 Å². The zero-order valence-electron chi connectivity index (χ0n) is 12.1. The molecule has 1 saturated carbocycles. The number of carbonyl (C=O) groups excluding carboxylic acids is 1. The number of hydrogen-bond acceptors (Lipinski definition) is 5. The summed E-state index contributed by atoms with van der Waals surface area (Å²) in [6.45, 7) is 2.02. The normalized spacial score (nSPS) is 13.9. The number of amides is 1. The zero-order valence-corrected chi connectivity index (χ0v) is 14.5. The highest BCUT2D eigenvalue weighted by atomic mass is 79.9. The summed E-state index contributed by atoms with van der Waals surface area (Å²) >= 11 is 4.88. The third-order valence-corrected chi connectivity index (χ3v) is 4.87. The predicted molar refractivity (Wildman–Crippen MR) is 89.5 cm³/mol. The van der Waals surface area contributed by atoms with Gasteiger partial charge in [-0.25, -0.2) is 0 Å². The van der Waals surface area contributed by atoms with Gasteiger partial charge in [-0.3, -0.25) is 10.1 Å². The van der Waals surface area contributed by atoms with E-state index < -0.39 is 0 Å². The standard InChI is InChI=1S/C15H16BrN3O2S/c1-2-9-7-11(16)5-6-12(9)21-8-13(20)17-15-19-18-14(22-15)10-3-4-10/h5-7,10H,2-4,8H2,1H3,(H,17,19,20). The number of aromatic nitrogens is 2. The Bertz CT molecular complexity index is 685. The second-order valence-electron chi connectivity index (χ2n) is 5.16. The summed E-state index contributed by atoms with van der Waals surface area (Å²) in [5, 5.41) is 12.4. The molecule has 1 aromatic heterocycles. The lowest BCUT2D eigenvalue weighted by molar-refractivity contribution is -0.118. The Kier molecular flexibility index (Phi) is 4.73. The number of aryl methyl sites for hydroxylation is 1. The maximum atomic E-state index is 11.9. The lowest BCUT2D eigenvalue weighted by Gasteiger charge is -2.10. The van der Waals surface area contributed by atoms with E-state index in [9.17, 15) is 4.79 Å². The molecule has 1 aliphatic rings. The minimum absolute atomic E-state index is 0.0347. The average molecular weight is 382 g/mol. The summed E-state index contributed by atoms with van der Waals surface area (Å²) in [5.74, 6) is 1.06. The number of ether oxygens (including phenoxy) is 1. The second-order valence-corrected chi connectivity index (χ2v) is 7.09. The average Bonchev–Trinajstić information content (AvgIpc) is 3.26. The van der Waals surface area contributed by atoms with Crippen LogP contribution in [-0.4, -0.2) is 22.7 Å². The zero-order chi connectivity index (χ0) is 15.5. The van der Waals surface area contributed by atoms with Crippen LogP contribution in [0, 0.1) is 0 Å². The molecule has 7 heteroatoms. The van der Waals surface area contributed by atoms with Crippen LogP contribution in [0.5, 0.6) is 5.75 Å². The van der Waals surface area contributed by atoms with Crippen LogP contribution < -0.4 is 10.1 Å². The minimum Gasteiger partial charge on any atom is -0.483 e. The van der Waals surface area contributed by atoms with E-state index in [1.54, 1.807) is 0 Å². The fraction of sp³-hybridized carbons (Fsp3) is 0.400. The molecule has 5 nitrogen and oxygen atoms in total. The van der Waals surface area contributed by atoms with Gasteiger partial charge in [0.1, 0.15) is 10.8 Å². The summed E-state index contributed by atoms with van der Waals surface area (Å²) in [6, 6.07) is 5.77. The number of nitrogens with zero attached hydrogens (tertiary/aromatic N) is 2. The number of anilines is 1. The van der Waals surface area contributed by atoms with E-state index in [0.717, 1.165) is 27.2 Å². The fourth-order valence-corrected chi connectivity index (χ4v) is 3.38. The van der Waals surface area contributed by atoms with Gasteiger partial charge in [-0.2, -0.15) is 0 Å². The maximum absolute atomic E-state index is 11.9. The molecule has 1 amide bonds. The van der Waals surface area contributed by atoms with Crippen molar-refractivity contribution in [1.29, 1.82) is 0 Å². The first-order valence-electron chi connectivity index (χ1n) is 7.20. The van der Waals surface area contributed by atoms with E-state index in [2.05, 4.69) is 38.4 Å². The van der Waals surface area contributed by atoms with Crippen LogP contribution in [0.1, 0.15) is 36.3 Å². The van der Waals surface area contributed by atoms with E-state index in [4.69, 9.17) is 4.74 Å². The maximum Gasteiger partial charge on any atom is 0.264 e. The van der Waals surface area contributed by atoms with Gasteiger partial charge >= 0.3 is 0 Å². The van der Waals surface area contributed by atoms with Gasteiger partial charge in [-0.1, -0.05) is 34.2 Å². The molecule has 1 aromatic carbocycles. The van der Waals surface area contributed by atoms with Crippen LogP contribution in [0.2, 0.25) is 0 Å². The van der Waals surface area contributed by atoms with Gasteiger partial charge in [0.15, 0.2) is 6.61 Å². The van der Waals surface area contributed by atoms with E-state index >= 15 is 0 Å². The molecule has 1 N–H and O–H groups in total. The van der Waals surface area contributed by atoms with Crippen molar-refractivity contribution in [2.45, 2.75) is 32.1 Å². The summed E-state index contributed by atoms with van der Waals surface area (Å²) in [6.07, 6.45) is 3.20. The smallest absolute Gasteiger partial charge is 0.264 e. The van der Waals surface area contributed by atoms with Crippen LogP contribution >= 0.6 is 27.3 Å². The lowest BCUT2D eigenvalue weighted by Crippen LogP contribution is -2.20. The molecule has 116 valence electrons. The number of rotatable bonds is 6. The Morgan fingerprint density at radius 3 is 3.00 bits per heavy atom. The number of nitrogens with one attached hydrogen (secondary N) is 1. The van der Waals surface area contributed by atoms with Crippen molar-refractivity contribution in [3.05, 3.63) is 33.2 Å². The molecule has 1 aliphatic carbocycles. The topological polar surface area (TPSA) is 64.1 Å². The van der Waals surface area contributed by atoms with Gasteiger partial charge in [-0.15, -0.1) is 10.2 Å². The second kappa shape index (κ2) is 6.75. The van der Waals surface area contributed by atoms with Crippen molar-refractivity contribution in [2.75, 3.05) is 11.9 Å². The molecule has 0 aliphatic heterocycles. The SMILES string of the molecule is CCc1cc(Br)ccc1OCC(=O)Nc1nnc(C2CC2)s1. The quantitative estimate of drug-likeness (QED) is 0.827. The molecule has 0 radical (unpaired) electrons. The van der Waals surface area contributed by atoms with Crippen LogP contribution in [0.4, 0.5) is 5.13 Å². The highest BCUT2D eigenvalue weighted by Crippen LogP contribution is 2.42. The largest absolute Gasteiger partial charge is 0.483 e. The summed E-state index contributed by atoms with van der Waals surface area (Å²) in [7, 11) is 0. The first-order valence-corrected chi connectivity index (χ1v) is 8.81. The lowest BCUT2D eigenvalue weighted by atomic mass is 10.1. The van der Waals surface area contributed by atoms with Crippen molar-refractivity contribution in [2.24, 2.45) is 0 Å². The van der Waals surface area contributed by atoms with E-state index in [-0.39, 0.29) is 12.5 Å². The Labute approximate surface area is 141 Å². The van der Waals surface area contributed by atoms with Crippen molar-refractivity contribution in [1.82, 2.24) is 10.2 Å². The van der Waals surface area contributed by atoms with E-state index in [1.165, 1.54) is 24.2 Å². The van der Waals surface area contributed by atoms with Crippen molar-refractivity contribution in [3.8, 4) is 5.75 Å². The molecule has 0 spiro atoms. The van der Waals surface area contributed by atoms with E-state index in [0.29, 0.717) is 11.0 Å². The summed E-state index contributed by atoms with van der Waals surface area (Å²) in [4.78, 5) is 11.9. The summed E-state index contributed by atoms with van der Waals surface area (Å²) in [5.41, 5.74) is 1.06. The molecule has 0 saturated heterocycles. The molecule has 3 rings (SSSR count). The number of benzene rings is 1. The molecular formula is C15H16BrN3O2S. The highest BCUT2D eigenvalue weighted by Gasteiger charge is 2.27. The third-order valence-electron chi connectivity index (χ3n) is 3.38. The number of hydrogen-bond donors (Lipinski definition) is 1. The van der Waals surface area contributed by atoms with Gasteiger partial charge in [-0.05, 0) is 43.0 Å². The molecule has 1 heterocycles. The number of halogens is 1. The van der Waals surface area contributed by atoms with Crippen LogP contribution in [0.25, 0.3) is 0 Å². The van der Waals surface area contributed by atoms with Crippen LogP contribution in [0.3, 0.4) is 0 Å². The first-order chi connectivity index (χ1) is 10.7.